The van der Waals surface area contributed by atoms with Gasteiger partial charge in [0.15, 0.2) is 0 Å². The summed E-state index contributed by atoms with van der Waals surface area (Å²) in [5, 5.41) is 7.12. The molecule has 4 rings (SSSR count). The lowest BCUT2D eigenvalue weighted by Gasteiger charge is -2.30. The zero-order valence-corrected chi connectivity index (χ0v) is 18.6. The van der Waals surface area contributed by atoms with Crippen LogP contribution >= 0.6 is 11.3 Å². The Kier molecular flexibility index (Phi) is 7.32. The fourth-order valence-electron chi connectivity index (χ4n) is 4.43. The van der Waals surface area contributed by atoms with E-state index in [-0.39, 0.29) is 11.3 Å². The standard InChI is InChI=1S/C19H28N2O2S.C2HF3O2/c1-14-3-6-17(24-14)18(22)21-8-7-19(13-21)12-20(2)9-16(19)11-23-10-15-4-5-15;3-2(4,5)1(6)7/h3,6,15-16H,4-5,7-13H2,1-2H3;(H,6,7)/t16-,19+;/m0./s1. The van der Waals surface area contributed by atoms with Gasteiger partial charge in [0.1, 0.15) is 0 Å². The zero-order valence-electron chi connectivity index (χ0n) is 17.8. The second-order valence-corrected chi connectivity index (χ2v) is 10.2. The van der Waals surface area contributed by atoms with Crippen molar-refractivity contribution in [1.29, 1.82) is 0 Å². The third-order valence-corrected chi connectivity index (χ3v) is 7.21. The van der Waals surface area contributed by atoms with Gasteiger partial charge in [-0.1, -0.05) is 0 Å². The van der Waals surface area contributed by atoms with Gasteiger partial charge in [0.05, 0.1) is 11.5 Å². The summed E-state index contributed by atoms with van der Waals surface area (Å²) in [6.45, 7) is 7.84. The summed E-state index contributed by atoms with van der Waals surface area (Å²) in [5.41, 5.74) is 0.236. The monoisotopic (exact) mass is 462 g/mol. The summed E-state index contributed by atoms with van der Waals surface area (Å²) < 4.78 is 37.8. The molecule has 3 fully saturated rings. The number of rotatable bonds is 5. The molecule has 0 radical (unpaired) electrons. The second kappa shape index (κ2) is 9.46. The number of aliphatic carboxylic acids is 1. The zero-order chi connectivity index (χ0) is 22.8. The van der Waals surface area contributed by atoms with Crippen molar-refractivity contribution in [3.8, 4) is 0 Å². The van der Waals surface area contributed by atoms with Gasteiger partial charge in [0.2, 0.25) is 0 Å². The quantitative estimate of drug-likeness (QED) is 0.725. The lowest BCUT2D eigenvalue weighted by Crippen LogP contribution is -2.38. The van der Waals surface area contributed by atoms with E-state index in [0.717, 1.165) is 56.6 Å². The van der Waals surface area contributed by atoms with Crippen LogP contribution in [-0.4, -0.2) is 79.4 Å². The summed E-state index contributed by atoms with van der Waals surface area (Å²) in [7, 11) is 2.20. The molecule has 10 heteroatoms. The maximum atomic E-state index is 12.8. The number of thiophene rings is 1. The Labute approximate surface area is 184 Å². The summed E-state index contributed by atoms with van der Waals surface area (Å²) in [4.78, 5) is 28.3. The molecule has 174 valence electrons. The number of ether oxygens (including phenoxy) is 1. The summed E-state index contributed by atoms with van der Waals surface area (Å²) in [6, 6.07) is 4.02. The topological polar surface area (TPSA) is 70.1 Å². The van der Waals surface area contributed by atoms with E-state index >= 15 is 0 Å². The number of hydrogen-bond donors (Lipinski definition) is 1. The first-order valence-electron chi connectivity index (χ1n) is 10.4. The Morgan fingerprint density at radius 3 is 2.48 bits per heavy atom. The van der Waals surface area contributed by atoms with Crippen molar-refractivity contribution < 1.29 is 32.6 Å². The van der Waals surface area contributed by atoms with Gasteiger partial charge in [0, 0.05) is 49.0 Å². The highest BCUT2D eigenvalue weighted by Crippen LogP contribution is 2.44. The third kappa shape index (κ3) is 6.20. The van der Waals surface area contributed by atoms with Gasteiger partial charge >= 0.3 is 12.1 Å². The average Bonchev–Trinajstić information content (AvgIpc) is 3.10. The first-order chi connectivity index (χ1) is 14.5. The van der Waals surface area contributed by atoms with E-state index < -0.39 is 12.1 Å². The van der Waals surface area contributed by atoms with Gasteiger partial charge in [-0.2, -0.15) is 13.2 Å². The van der Waals surface area contributed by atoms with Crippen LogP contribution in [-0.2, 0) is 9.53 Å². The normalized spacial score (nSPS) is 26.2. The molecule has 1 aromatic rings. The fourth-order valence-corrected chi connectivity index (χ4v) is 5.26. The fraction of sp³-hybridized carbons (Fsp3) is 0.714. The van der Waals surface area contributed by atoms with Crippen LogP contribution in [0.15, 0.2) is 12.1 Å². The number of nitrogens with zero attached hydrogens (tertiary/aromatic N) is 2. The summed E-state index contributed by atoms with van der Waals surface area (Å²) in [5.74, 6) is -1.15. The molecule has 1 N–H and O–H groups in total. The Balaban J connectivity index is 0.000000339. The van der Waals surface area contributed by atoms with E-state index in [1.807, 2.05) is 12.1 Å². The van der Waals surface area contributed by atoms with Crippen LogP contribution in [0.2, 0.25) is 0 Å². The molecule has 31 heavy (non-hydrogen) atoms. The van der Waals surface area contributed by atoms with Crippen LogP contribution in [0, 0.1) is 24.2 Å². The smallest absolute Gasteiger partial charge is 0.475 e. The van der Waals surface area contributed by atoms with Crippen molar-refractivity contribution in [2.45, 2.75) is 32.4 Å². The molecule has 1 aromatic heterocycles. The van der Waals surface area contributed by atoms with Gasteiger partial charge in [-0.15, -0.1) is 11.3 Å². The van der Waals surface area contributed by atoms with E-state index in [4.69, 9.17) is 14.6 Å². The van der Waals surface area contributed by atoms with E-state index in [1.54, 1.807) is 11.3 Å². The van der Waals surface area contributed by atoms with E-state index in [0.29, 0.717) is 5.92 Å². The van der Waals surface area contributed by atoms with Crippen LogP contribution in [0.3, 0.4) is 0 Å². The van der Waals surface area contributed by atoms with Gasteiger partial charge in [0.25, 0.3) is 5.91 Å². The number of aryl methyl sites for hydroxylation is 1. The molecular formula is C21H29F3N2O4S. The number of amides is 1. The van der Waals surface area contributed by atoms with E-state index in [1.165, 1.54) is 17.7 Å². The number of carboxylic acids is 1. The molecule has 1 spiro atoms. The highest BCUT2D eigenvalue weighted by atomic mass is 32.1. The maximum absolute atomic E-state index is 12.8. The van der Waals surface area contributed by atoms with Gasteiger partial charge in [-0.3, -0.25) is 4.79 Å². The largest absolute Gasteiger partial charge is 0.490 e. The molecule has 2 saturated heterocycles. The molecule has 3 aliphatic rings. The van der Waals surface area contributed by atoms with E-state index in [9.17, 15) is 18.0 Å². The van der Waals surface area contributed by atoms with E-state index in [2.05, 4.69) is 23.8 Å². The number of likely N-dealkylation sites (tertiary alicyclic amines) is 2. The van der Waals surface area contributed by atoms with Crippen molar-refractivity contribution in [3.05, 3.63) is 21.9 Å². The van der Waals surface area contributed by atoms with Gasteiger partial charge in [-0.25, -0.2) is 4.79 Å². The number of hydrogen-bond acceptors (Lipinski definition) is 5. The van der Waals surface area contributed by atoms with Crippen LogP contribution in [0.4, 0.5) is 13.2 Å². The Morgan fingerprint density at radius 1 is 1.26 bits per heavy atom. The number of halogens is 3. The minimum Gasteiger partial charge on any atom is -0.475 e. The SMILES string of the molecule is Cc1ccc(C(=O)N2CC[C@@]3(CN(C)C[C@H]3COCC3CC3)C2)s1.O=C(O)C(F)(F)F. The first-order valence-corrected chi connectivity index (χ1v) is 11.2. The summed E-state index contributed by atoms with van der Waals surface area (Å²) in [6.07, 6.45) is -1.28. The van der Waals surface area contributed by atoms with Crippen molar-refractivity contribution >= 4 is 23.2 Å². The predicted octanol–water partition coefficient (Wildman–Crippen LogP) is 3.51. The lowest BCUT2D eigenvalue weighted by atomic mass is 9.77. The predicted molar refractivity (Wildman–Crippen MR) is 110 cm³/mol. The molecule has 3 heterocycles. The Hall–Kier alpha value is -1.65. The lowest BCUT2D eigenvalue weighted by molar-refractivity contribution is -0.192. The average molecular weight is 463 g/mol. The molecule has 1 saturated carbocycles. The van der Waals surface area contributed by atoms with Crippen LogP contribution in [0.5, 0.6) is 0 Å². The van der Waals surface area contributed by atoms with Crippen molar-refractivity contribution in [2.75, 3.05) is 46.4 Å². The summed E-state index contributed by atoms with van der Waals surface area (Å²) >= 11 is 1.61. The van der Waals surface area contributed by atoms with Crippen LogP contribution in [0.25, 0.3) is 0 Å². The van der Waals surface area contributed by atoms with Crippen molar-refractivity contribution in [1.82, 2.24) is 9.80 Å². The minimum atomic E-state index is -5.08. The van der Waals surface area contributed by atoms with Crippen LogP contribution in [0.1, 0.15) is 33.8 Å². The van der Waals surface area contributed by atoms with Gasteiger partial charge < -0.3 is 19.6 Å². The molecule has 0 aromatic carbocycles. The maximum Gasteiger partial charge on any atom is 0.490 e. The Morgan fingerprint density at radius 2 is 1.94 bits per heavy atom. The second-order valence-electron chi connectivity index (χ2n) is 8.93. The third-order valence-electron chi connectivity index (χ3n) is 6.22. The van der Waals surface area contributed by atoms with Crippen molar-refractivity contribution in [3.63, 3.8) is 0 Å². The number of carboxylic acid groups (broad SMARTS) is 1. The van der Waals surface area contributed by atoms with Crippen LogP contribution < -0.4 is 0 Å². The molecular weight excluding hydrogens is 433 g/mol. The highest BCUT2D eigenvalue weighted by Gasteiger charge is 2.50. The number of carbonyl (C=O) groups is 2. The molecule has 0 unspecified atom stereocenters. The van der Waals surface area contributed by atoms with Crippen molar-refractivity contribution in [2.24, 2.45) is 17.3 Å². The molecule has 2 aliphatic heterocycles. The first kappa shape index (κ1) is 24.0. The number of carbonyl (C=O) groups excluding carboxylic acids is 1. The number of alkyl halides is 3. The molecule has 6 nitrogen and oxygen atoms in total. The highest BCUT2D eigenvalue weighted by molar-refractivity contribution is 7.13. The molecule has 1 amide bonds. The molecule has 0 bridgehead atoms. The Bertz CT molecular complexity index is 796. The minimum absolute atomic E-state index is 0.220. The van der Waals surface area contributed by atoms with Gasteiger partial charge in [-0.05, 0) is 51.3 Å². The molecule has 2 atom stereocenters. The molecule has 1 aliphatic carbocycles.